The maximum atomic E-state index is 9.28. The highest BCUT2D eigenvalue weighted by Gasteiger charge is 2.41. The lowest BCUT2D eigenvalue weighted by molar-refractivity contribution is 0.0927. The number of aliphatic hydroxyl groups excluding tert-OH is 1. The van der Waals surface area contributed by atoms with Crippen molar-refractivity contribution in [2.45, 2.75) is 38.6 Å². The highest BCUT2D eigenvalue weighted by Crippen LogP contribution is 2.46. The molecule has 1 aromatic rings. The average molecular weight is 206 g/mol. The van der Waals surface area contributed by atoms with Crippen molar-refractivity contribution in [3.63, 3.8) is 0 Å². The molecule has 82 valence electrons. The van der Waals surface area contributed by atoms with Gasteiger partial charge in [0.1, 0.15) is 5.82 Å². The van der Waals surface area contributed by atoms with Crippen molar-refractivity contribution in [2.75, 3.05) is 6.61 Å². The van der Waals surface area contributed by atoms with Crippen LogP contribution in [0.15, 0.2) is 12.4 Å². The molecule has 2 unspecified atom stereocenters. The molecule has 0 saturated heterocycles. The van der Waals surface area contributed by atoms with Crippen LogP contribution in [0.4, 0.5) is 0 Å². The van der Waals surface area contributed by atoms with Gasteiger partial charge < -0.3 is 9.67 Å². The molecule has 1 aliphatic heterocycles. The molecule has 1 fully saturated rings. The second kappa shape index (κ2) is 3.34. The number of fused-ring (bicyclic) bond motifs is 1. The van der Waals surface area contributed by atoms with Crippen LogP contribution in [-0.2, 0) is 13.0 Å². The van der Waals surface area contributed by atoms with Gasteiger partial charge in [-0.15, -0.1) is 0 Å². The van der Waals surface area contributed by atoms with E-state index in [1.807, 2.05) is 6.20 Å². The van der Waals surface area contributed by atoms with Crippen molar-refractivity contribution in [2.24, 2.45) is 11.3 Å². The van der Waals surface area contributed by atoms with Crippen LogP contribution < -0.4 is 0 Å². The number of nitrogens with zero attached hydrogens (tertiary/aromatic N) is 2. The maximum Gasteiger partial charge on any atom is 0.109 e. The fraction of sp³-hybridized carbons (Fsp3) is 0.750. The Bertz CT molecular complexity index is 338. The first kappa shape index (κ1) is 9.40. The summed E-state index contributed by atoms with van der Waals surface area (Å²) in [5, 5.41) is 9.28. The van der Waals surface area contributed by atoms with Crippen molar-refractivity contribution in [3.05, 3.63) is 18.2 Å². The minimum atomic E-state index is 0.365. The minimum absolute atomic E-state index is 0.365. The zero-order valence-corrected chi connectivity index (χ0v) is 9.02. The summed E-state index contributed by atoms with van der Waals surface area (Å²) in [5.74, 6) is 1.77. The molecule has 1 aromatic heterocycles. The molecule has 2 aliphatic rings. The van der Waals surface area contributed by atoms with Gasteiger partial charge in [-0.1, -0.05) is 6.42 Å². The Hall–Kier alpha value is -0.830. The van der Waals surface area contributed by atoms with Crippen LogP contribution in [0.25, 0.3) is 0 Å². The molecule has 2 heterocycles. The Morgan fingerprint density at radius 2 is 2.53 bits per heavy atom. The summed E-state index contributed by atoms with van der Waals surface area (Å²) in [7, 11) is 0. The van der Waals surface area contributed by atoms with Gasteiger partial charge in [0.15, 0.2) is 0 Å². The van der Waals surface area contributed by atoms with Gasteiger partial charge >= 0.3 is 0 Å². The van der Waals surface area contributed by atoms with Crippen molar-refractivity contribution < 1.29 is 5.11 Å². The van der Waals surface area contributed by atoms with E-state index in [4.69, 9.17) is 0 Å². The van der Waals surface area contributed by atoms with E-state index < -0.39 is 0 Å². The first-order valence-corrected chi connectivity index (χ1v) is 5.92. The molecular weight excluding hydrogens is 188 g/mol. The molecule has 0 aromatic carbocycles. The number of hydrogen-bond acceptors (Lipinski definition) is 2. The van der Waals surface area contributed by atoms with Crippen molar-refractivity contribution in [3.8, 4) is 0 Å². The van der Waals surface area contributed by atoms with Crippen LogP contribution in [0.1, 0.15) is 31.5 Å². The van der Waals surface area contributed by atoms with Gasteiger partial charge in [0.2, 0.25) is 0 Å². The number of aromatic nitrogens is 2. The van der Waals surface area contributed by atoms with Gasteiger partial charge in [0.05, 0.1) is 0 Å². The third kappa shape index (κ3) is 1.49. The second-order valence-electron chi connectivity index (χ2n) is 5.29. The van der Waals surface area contributed by atoms with E-state index in [1.165, 1.54) is 31.5 Å². The van der Waals surface area contributed by atoms with Crippen LogP contribution in [-0.4, -0.2) is 21.3 Å². The molecule has 1 spiro atoms. The largest absolute Gasteiger partial charge is 0.396 e. The monoisotopic (exact) mass is 206 g/mol. The summed E-state index contributed by atoms with van der Waals surface area (Å²) >= 11 is 0. The first-order valence-electron chi connectivity index (χ1n) is 5.92. The molecule has 1 aliphatic carbocycles. The molecule has 1 N–H and O–H groups in total. The van der Waals surface area contributed by atoms with Crippen molar-refractivity contribution in [1.29, 1.82) is 0 Å². The topological polar surface area (TPSA) is 38.1 Å². The Morgan fingerprint density at radius 1 is 1.60 bits per heavy atom. The molecule has 1 saturated carbocycles. The van der Waals surface area contributed by atoms with Crippen molar-refractivity contribution in [1.82, 2.24) is 9.55 Å². The number of rotatable bonds is 1. The summed E-state index contributed by atoms with van der Waals surface area (Å²) < 4.78 is 2.29. The Kier molecular flexibility index (Phi) is 2.09. The van der Waals surface area contributed by atoms with Gasteiger partial charge in [0.25, 0.3) is 0 Å². The molecule has 3 nitrogen and oxygen atoms in total. The normalized spacial score (nSPS) is 34.6. The fourth-order valence-corrected chi connectivity index (χ4v) is 3.45. The average Bonchev–Trinajstić information content (AvgIpc) is 2.76. The summed E-state index contributed by atoms with van der Waals surface area (Å²) in [4.78, 5) is 4.40. The first-order chi connectivity index (χ1) is 7.31. The summed E-state index contributed by atoms with van der Waals surface area (Å²) in [6, 6.07) is 0. The Morgan fingerprint density at radius 3 is 3.33 bits per heavy atom. The smallest absolute Gasteiger partial charge is 0.109 e. The van der Waals surface area contributed by atoms with E-state index >= 15 is 0 Å². The predicted molar refractivity (Wildman–Crippen MR) is 57.4 cm³/mol. The quantitative estimate of drug-likeness (QED) is 0.758. The van der Waals surface area contributed by atoms with E-state index in [9.17, 15) is 5.11 Å². The standard InChI is InChI=1S/C12H18N2O/c15-8-10-2-1-3-12(6-10)7-11-13-4-5-14(11)9-12/h4-5,10,15H,1-3,6-9H2. The Balaban J connectivity index is 1.79. The molecule has 0 amide bonds. The summed E-state index contributed by atoms with van der Waals surface area (Å²) in [6.07, 6.45) is 10.1. The van der Waals surface area contributed by atoms with Crippen molar-refractivity contribution >= 4 is 0 Å². The molecule has 0 radical (unpaired) electrons. The SMILES string of the molecule is OCC1CCCC2(Cc3nccn3C2)C1. The van der Waals surface area contributed by atoms with Crippen LogP contribution in [0, 0.1) is 11.3 Å². The number of hydrogen-bond donors (Lipinski definition) is 1. The van der Waals surface area contributed by atoms with Crippen LogP contribution in [0.5, 0.6) is 0 Å². The van der Waals surface area contributed by atoms with Crippen LogP contribution in [0.2, 0.25) is 0 Å². The lowest BCUT2D eigenvalue weighted by Gasteiger charge is -2.36. The summed E-state index contributed by atoms with van der Waals surface area (Å²) in [5.41, 5.74) is 0.426. The molecule has 3 heteroatoms. The highest BCUT2D eigenvalue weighted by molar-refractivity contribution is 5.06. The molecule has 2 atom stereocenters. The fourth-order valence-electron chi connectivity index (χ4n) is 3.45. The number of imidazole rings is 1. The van der Waals surface area contributed by atoms with E-state index in [1.54, 1.807) is 0 Å². The lowest BCUT2D eigenvalue weighted by atomic mass is 9.69. The van der Waals surface area contributed by atoms with Gasteiger partial charge in [-0.2, -0.15) is 0 Å². The maximum absolute atomic E-state index is 9.28. The summed E-state index contributed by atoms with van der Waals surface area (Å²) in [6.45, 7) is 1.49. The Labute approximate surface area is 90.1 Å². The number of aliphatic hydroxyl groups is 1. The van der Waals surface area contributed by atoms with Gasteiger partial charge in [-0.25, -0.2) is 4.98 Å². The van der Waals surface area contributed by atoms with Crippen LogP contribution in [0.3, 0.4) is 0 Å². The third-order valence-electron chi connectivity index (χ3n) is 4.14. The minimum Gasteiger partial charge on any atom is -0.396 e. The lowest BCUT2D eigenvalue weighted by Crippen LogP contribution is -2.31. The molecule has 3 rings (SSSR count). The van der Waals surface area contributed by atoms with E-state index in [0.717, 1.165) is 13.0 Å². The zero-order chi connectivity index (χ0) is 10.3. The van der Waals surface area contributed by atoms with Crippen LogP contribution >= 0.6 is 0 Å². The van der Waals surface area contributed by atoms with E-state index in [0.29, 0.717) is 17.9 Å². The van der Waals surface area contributed by atoms with E-state index in [-0.39, 0.29) is 0 Å². The predicted octanol–water partition coefficient (Wildman–Crippen LogP) is 1.61. The second-order valence-corrected chi connectivity index (χ2v) is 5.29. The molecule has 0 bridgehead atoms. The zero-order valence-electron chi connectivity index (χ0n) is 9.02. The van der Waals surface area contributed by atoms with Gasteiger partial charge in [-0.05, 0) is 30.6 Å². The molecule has 15 heavy (non-hydrogen) atoms. The van der Waals surface area contributed by atoms with Gasteiger partial charge in [0, 0.05) is 32.0 Å². The highest BCUT2D eigenvalue weighted by atomic mass is 16.3. The van der Waals surface area contributed by atoms with E-state index in [2.05, 4.69) is 15.7 Å². The van der Waals surface area contributed by atoms with Gasteiger partial charge in [-0.3, -0.25) is 0 Å². The third-order valence-corrected chi connectivity index (χ3v) is 4.14. The molecular formula is C12H18N2O.